The van der Waals surface area contributed by atoms with Gasteiger partial charge in [-0.1, -0.05) is 6.07 Å². The van der Waals surface area contributed by atoms with Crippen molar-refractivity contribution in [2.45, 2.75) is 0 Å². The second kappa shape index (κ2) is 3.84. The minimum Gasteiger partial charge on any atom is -0.393 e. The molecule has 0 radical (unpaired) electrons. The van der Waals surface area contributed by atoms with E-state index in [2.05, 4.69) is 0 Å². The van der Waals surface area contributed by atoms with Crippen LogP contribution in [0, 0.1) is 10.1 Å². The monoisotopic (exact) mass is 196 g/mol. The maximum atomic E-state index is 11.1. The quantitative estimate of drug-likeness (QED) is 0.314. The molecule has 0 saturated heterocycles. The van der Waals surface area contributed by atoms with Crippen LogP contribution in [-0.2, 0) is 0 Å². The number of carbonyl (C=O) groups is 1. The van der Waals surface area contributed by atoms with E-state index >= 15 is 0 Å². The van der Waals surface area contributed by atoms with E-state index in [1.807, 2.05) is 0 Å². The molecule has 0 aliphatic heterocycles. The van der Waals surface area contributed by atoms with Crippen LogP contribution in [0.25, 0.3) is 0 Å². The molecule has 0 heterocycles. The lowest BCUT2D eigenvalue weighted by Gasteiger charge is -2.02. The van der Waals surface area contributed by atoms with Crippen LogP contribution < -0.4 is 5.73 Å². The fraction of sp³-hybridized carbons (Fsp3) is 0.125. The number of aliphatic hydroxyl groups excluding tert-OH is 1. The number of carbonyl (C=O) groups excluding carboxylic acids is 1. The third-order valence-electron chi connectivity index (χ3n) is 1.72. The number of nitrogen functional groups attached to an aromatic ring is 1. The Morgan fingerprint density at radius 2 is 2.21 bits per heavy atom. The van der Waals surface area contributed by atoms with Crippen molar-refractivity contribution in [3.05, 3.63) is 33.9 Å². The number of benzene rings is 1. The van der Waals surface area contributed by atoms with E-state index in [0.29, 0.717) is 0 Å². The Kier molecular flexibility index (Phi) is 2.78. The number of nitro benzene ring substituents is 1. The molecular weight excluding hydrogens is 188 g/mol. The van der Waals surface area contributed by atoms with E-state index in [0.717, 1.165) is 0 Å². The predicted octanol–water partition coefficient (Wildman–Crippen LogP) is 0.352. The number of Topliss-reactive ketones (excluding diaryl/α,β-unsaturated/α-hetero) is 1. The van der Waals surface area contributed by atoms with Gasteiger partial charge in [0.25, 0.3) is 5.69 Å². The Morgan fingerprint density at radius 1 is 1.57 bits per heavy atom. The van der Waals surface area contributed by atoms with Crippen molar-refractivity contribution in [1.82, 2.24) is 0 Å². The number of nitrogens with two attached hydrogens (primary N) is 1. The van der Waals surface area contributed by atoms with Gasteiger partial charge in [0.2, 0.25) is 0 Å². The van der Waals surface area contributed by atoms with Gasteiger partial charge in [0, 0.05) is 6.07 Å². The second-order valence-electron chi connectivity index (χ2n) is 2.58. The fourth-order valence-electron chi connectivity index (χ4n) is 1.04. The van der Waals surface area contributed by atoms with E-state index < -0.39 is 17.3 Å². The lowest BCUT2D eigenvalue weighted by molar-refractivity contribution is -0.383. The fourth-order valence-corrected chi connectivity index (χ4v) is 1.04. The van der Waals surface area contributed by atoms with E-state index in [4.69, 9.17) is 10.8 Å². The topological polar surface area (TPSA) is 106 Å². The van der Waals surface area contributed by atoms with Crippen LogP contribution in [0.2, 0.25) is 0 Å². The van der Waals surface area contributed by atoms with Crippen LogP contribution in [0.3, 0.4) is 0 Å². The summed E-state index contributed by atoms with van der Waals surface area (Å²) in [5, 5.41) is 19.0. The minimum absolute atomic E-state index is 0.0262. The zero-order valence-electron chi connectivity index (χ0n) is 7.14. The van der Waals surface area contributed by atoms with Crippen LogP contribution >= 0.6 is 0 Å². The maximum absolute atomic E-state index is 11.1. The summed E-state index contributed by atoms with van der Waals surface area (Å²) < 4.78 is 0. The van der Waals surface area contributed by atoms with Gasteiger partial charge in [0.1, 0.15) is 12.3 Å². The average Bonchev–Trinajstić information content (AvgIpc) is 2.16. The van der Waals surface area contributed by atoms with Crippen molar-refractivity contribution in [2.24, 2.45) is 0 Å². The highest BCUT2D eigenvalue weighted by atomic mass is 16.6. The van der Waals surface area contributed by atoms with Gasteiger partial charge in [0.15, 0.2) is 5.78 Å². The molecule has 6 heteroatoms. The number of hydrogen-bond donors (Lipinski definition) is 2. The highest BCUT2D eigenvalue weighted by Crippen LogP contribution is 2.24. The first-order valence-corrected chi connectivity index (χ1v) is 3.75. The van der Waals surface area contributed by atoms with Crippen molar-refractivity contribution in [3.63, 3.8) is 0 Å². The molecule has 0 saturated carbocycles. The van der Waals surface area contributed by atoms with Gasteiger partial charge in [-0.05, 0) is 6.07 Å². The molecule has 0 unspecified atom stereocenters. The molecule has 6 nitrogen and oxygen atoms in total. The number of ketones is 1. The Morgan fingerprint density at radius 3 is 2.71 bits per heavy atom. The van der Waals surface area contributed by atoms with Crippen LogP contribution in [-0.4, -0.2) is 22.4 Å². The Labute approximate surface area is 79.1 Å². The number of rotatable bonds is 3. The number of aliphatic hydroxyl groups is 1. The molecular formula is C8H8N2O4. The van der Waals surface area contributed by atoms with Crippen LogP contribution in [0.5, 0.6) is 0 Å². The van der Waals surface area contributed by atoms with Gasteiger partial charge in [-0.2, -0.15) is 0 Å². The molecule has 0 bridgehead atoms. The number of anilines is 1. The van der Waals surface area contributed by atoms with Crippen LogP contribution in [0.4, 0.5) is 11.4 Å². The molecule has 0 aliphatic carbocycles. The summed E-state index contributed by atoms with van der Waals surface area (Å²) in [6, 6.07) is 3.88. The smallest absolute Gasteiger partial charge is 0.292 e. The first-order valence-electron chi connectivity index (χ1n) is 3.75. The average molecular weight is 196 g/mol. The van der Waals surface area contributed by atoms with Crippen molar-refractivity contribution >= 4 is 17.2 Å². The van der Waals surface area contributed by atoms with E-state index in [-0.39, 0.29) is 16.9 Å². The van der Waals surface area contributed by atoms with Crippen molar-refractivity contribution in [2.75, 3.05) is 12.3 Å². The zero-order valence-corrected chi connectivity index (χ0v) is 7.14. The van der Waals surface area contributed by atoms with Crippen molar-refractivity contribution < 1.29 is 14.8 Å². The summed E-state index contributed by atoms with van der Waals surface area (Å²) >= 11 is 0. The van der Waals surface area contributed by atoms with Gasteiger partial charge in [-0.15, -0.1) is 0 Å². The van der Waals surface area contributed by atoms with Gasteiger partial charge < -0.3 is 10.8 Å². The minimum atomic E-state index is -0.717. The molecule has 0 aromatic heterocycles. The Bertz CT molecular complexity index is 389. The summed E-state index contributed by atoms with van der Waals surface area (Å²) in [4.78, 5) is 20.8. The third-order valence-corrected chi connectivity index (χ3v) is 1.72. The first kappa shape index (κ1) is 10.1. The largest absolute Gasteiger partial charge is 0.393 e. The summed E-state index contributed by atoms with van der Waals surface area (Å²) in [5.41, 5.74) is 4.82. The van der Waals surface area contributed by atoms with Crippen molar-refractivity contribution in [1.29, 1.82) is 0 Å². The summed E-state index contributed by atoms with van der Waals surface area (Å²) in [6.07, 6.45) is 0. The Balaban J connectivity index is 3.27. The molecule has 74 valence electrons. The molecule has 0 atom stereocenters. The zero-order chi connectivity index (χ0) is 10.7. The molecule has 14 heavy (non-hydrogen) atoms. The SMILES string of the molecule is Nc1c(C(=O)CO)cccc1[N+](=O)[O-]. The lowest BCUT2D eigenvalue weighted by Crippen LogP contribution is -2.09. The van der Waals surface area contributed by atoms with Gasteiger partial charge in [-0.3, -0.25) is 14.9 Å². The number of hydrogen-bond acceptors (Lipinski definition) is 5. The summed E-state index contributed by atoms with van der Waals surface area (Å²) in [5.74, 6) is -0.633. The number of para-hydroxylation sites is 1. The molecule has 0 spiro atoms. The maximum Gasteiger partial charge on any atom is 0.292 e. The molecule has 0 amide bonds. The van der Waals surface area contributed by atoms with Gasteiger partial charge in [0.05, 0.1) is 10.5 Å². The summed E-state index contributed by atoms with van der Waals surface area (Å²) in [7, 11) is 0. The molecule has 1 rings (SSSR count). The van der Waals surface area contributed by atoms with Gasteiger partial charge >= 0.3 is 0 Å². The number of nitrogens with zero attached hydrogens (tertiary/aromatic N) is 1. The number of nitro groups is 1. The van der Waals surface area contributed by atoms with Crippen LogP contribution in [0.15, 0.2) is 18.2 Å². The molecule has 1 aromatic carbocycles. The lowest BCUT2D eigenvalue weighted by atomic mass is 10.1. The van der Waals surface area contributed by atoms with E-state index in [9.17, 15) is 14.9 Å². The predicted molar refractivity (Wildman–Crippen MR) is 48.9 cm³/mol. The Hall–Kier alpha value is -1.95. The molecule has 0 aliphatic rings. The third kappa shape index (κ3) is 1.69. The highest BCUT2D eigenvalue weighted by Gasteiger charge is 2.17. The van der Waals surface area contributed by atoms with E-state index in [1.165, 1.54) is 18.2 Å². The van der Waals surface area contributed by atoms with Crippen molar-refractivity contribution in [3.8, 4) is 0 Å². The highest BCUT2D eigenvalue weighted by molar-refractivity contribution is 6.03. The van der Waals surface area contributed by atoms with Crippen LogP contribution in [0.1, 0.15) is 10.4 Å². The molecule has 3 N–H and O–H groups in total. The second-order valence-corrected chi connectivity index (χ2v) is 2.58. The van der Waals surface area contributed by atoms with E-state index in [1.54, 1.807) is 0 Å². The first-order chi connectivity index (χ1) is 6.57. The summed E-state index contributed by atoms with van der Waals surface area (Å²) in [6.45, 7) is -0.717. The normalized spacial score (nSPS) is 9.79. The standard InChI is InChI=1S/C8H8N2O4/c9-8-5(7(12)4-11)2-1-3-6(8)10(13)14/h1-3,11H,4,9H2. The molecule has 0 fully saturated rings. The molecule has 1 aromatic rings. The van der Waals surface area contributed by atoms with Gasteiger partial charge in [-0.25, -0.2) is 0 Å².